The summed E-state index contributed by atoms with van der Waals surface area (Å²) in [6.07, 6.45) is 6.03. The van der Waals surface area contributed by atoms with Crippen LogP contribution in [0.15, 0.2) is 49.1 Å². The fourth-order valence-corrected chi connectivity index (χ4v) is 2.08. The molecule has 21 heavy (non-hydrogen) atoms. The van der Waals surface area contributed by atoms with E-state index in [1.165, 1.54) is 24.8 Å². The van der Waals surface area contributed by atoms with Crippen LogP contribution in [0.5, 0.6) is 0 Å². The van der Waals surface area contributed by atoms with E-state index in [-0.39, 0.29) is 5.56 Å². The summed E-state index contributed by atoms with van der Waals surface area (Å²) >= 11 is 0. The number of carboxylic acid groups (broad SMARTS) is 1. The summed E-state index contributed by atoms with van der Waals surface area (Å²) in [6.45, 7) is 1.94. The molecule has 1 N–H and O–H groups in total. The molecule has 0 saturated heterocycles. The van der Waals surface area contributed by atoms with E-state index >= 15 is 0 Å². The molecule has 2 heterocycles. The molecule has 6 heteroatoms. The van der Waals surface area contributed by atoms with Crippen LogP contribution in [0.25, 0.3) is 17.1 Å². The minimum Gasteiger partial charge on any atom is -0.478 e. The van der Waals surface area contributed by atoms with Gasteiger partial charge in [0.1, 0.15) is 17.0 Å². The molecule has 6 nitrogen and oxygen atoms in total. The van der Waals surface area contributed by atoms with E-state index in [0.717, 1.165) is 11.3 Å². The number of hydrogen-bond acceptors (Lipinski definition) is 4. The van der Waals surface area contributed by atoms with Crippen molar-refractivity contribution < 1.29 is 9.90 Å². The minimum absolute atomic E-state index is 0.0961. The third-order valence-electron chi connectivity index (χ3n) is 3.11. The minimum atomic E-state index is -1.05. The van der Waals surface area contributed by atoms with Gasteiger partial charge in [-0.25, -0.2) is 9.48 Å². The van der Waals surface area contributed by atoms with Crippen molar-refractivity contribution in [2.45, 2.75) is 6.92 Å². The van der Waals surface area contributed by atoms with Gasteiger partial charge in [-0.2, -0.15) is 5.10 Å². The van der Waals surface area contributed by atoms with Gasteiger partial charge in [-0.15, -0.1) is 0 Å². The standard InChI is InChI=1S/C15H12N4O2/c1-10-4-2-3-5-13(10)19-9-11(15(20)21)14(18-19)12-8-16-6-7-17-12/h2-9H,1H3,(H,20,21). The van der Waals surface area contributed by atoms with Crippen molar-refractivity contribution in [3.8, 4) is 17.1 Å². The van der Waals surface area contributed by atoms with Crippen molar-refractivity contribution in [3.63, 3.8) is 0 Å². The van der Waals surface area contributed by atoms with Crippen molar-refractivity contribution in [2.24, 2.45) is 0 Å². The fraction of sp³-hybridized carbons (Fsp3) is 0.0667. The summed E-state index contributed by atoms with van der Waals surface area (Å²) in [5.41, 5.74) is 2.66. The number of aryl methyl sites for hydroxylation is 1. The number of carbonyl (C=O) groups is 1. The van der Waals surface area contributed by atoms with E-state index in [4.69, 9.17) is 0 Å². The number of aromatic nitrogens is 4. The number of benzene rings is 1. The maximum Gasteiger partial charge on any atom is 0.339 e. The van der Waals surface area contributed by atoms with Crippen LogP contribution in [0.4, 0.5) is 0 Å². The summed E-state index contributed by atoms with van der Waals surface area (Å²) < 4.78 is 1.56. The van der Waals surface area contributed by atoms with Crippen molar-refractivity contribution in [3.05, 3.63) is 60.2 Å². The first-order chi connectivity index (χ1) is 10.2. The van der Waals surface area contributed by atoms with Crippen LogP contribution >= 0.6 is 0 Å². The SMILES string of the molecule is Cc1ccccc1-n1cc(C(=O)O)c(-c2cnccn2)n1. The van der Waals surface area contributed by atoms with Crippen molar-refractivity contribution in [1.29, 1.82) is 0 Å². The molecule has 0 amide bonds. The Kier molecular flexibility index (Phi) is 3.19. The van der Waals surface area contributed by atoms with Crippen LogP contribution in [0.3, 0.4) is 0 Å². The van der Waals surface area contributed by atoms with Gasteiger partial charge in [0, 0.05) is 18.6 Å². The highest BCUT2D eigenvalue weighted by molar-refractivity contribution is 5.94. The maximum absolute atomic E-state index is 11.4. The van der Waals surface area contributed by atoms with E-state index in [0.29, 0.717) is 11.4 Å². The molecule has 0 aliphatic carbocycles. The molecule has 0 aliphatic rings. The Bertz CT molecular complexity index is 796. The second-order valence-electron chi connectivity index (χ2n) is 4.52. The van der Waals surface area contributed by atoms with Gasteiger partial charge in [0.15, 0.2) is 0 Å². The predicted molar refractivity (Wildman–Crippen MR) is 76.3 cm³/mol. The average molecular weight is 280 g/mol. The maximum atomic E-state index is 11.4. The van der Waals surface area contributed by atoms with Crippen molar-refractivity contribution >= 4 is 5.97 Å². The number of rotatable bonds is 3. The fourth-order valence-electron chi connectivity index (χ4n) is 2.08. The van der Waals surface area contributed by atoms with E-state index in [1.54, 1.807) is 4.68 Å². The summed E-state index contributed by atoms with van der Waals surface area (Å²) in [6, 6.07) is 7.63. The molecule has 0 fully saturated rings. The van der Waals surface area contributed by atoms with E-state index in [9.17, 15) is 9.90 Å². The molecule has 0 unspecified atom stereocenters. The first kappa shape index (κ1) is 13.0. The van der Waals surface area contributed by atoms with Crippen LogP contribution < -0.4 is 0 Å². The molecule has 0 radical (unpaired) electrons. The number of nitrogens with zero attached hydrogens (tertiary/aromatic N) is 4. The van der Waals surface area contributed by atoms with Gasteiger partial charge in [-0.3, -0.25) is 9.97 Å². The Hall–Kier alpha value is -3.02. The lowest BCUT2D eigenvalue weighted by Gasteiger charge is -2.04. The topological polar surface area (TPSA) is 80.9 Å². The Balaban J connectivity index is 2.18. The number of aromatic carboxylic acids is 1. The molecule has 0 spiro atoms. The van der Waals surface area contributed by atoms with Crippen LogP contribution in [-0.4, -0.2) is 30.8 Å². The first-order valence-corrected chi connectivity index (χ1v) is 6.32. The molecule has 1 aromatic carbocycles. The highest BCUT2D eigenvalue weighted by Gasteiger charge is 2.19. The van der Waals surface area contributed by atoms with Gasteiger partial charge in [-0.05, 0) is 18.6 Å². The Morgan fingerprint density at radius 1 is 1.24 bits per heavy atom. The van der Waals surface area contributed by atoms with Gasteiger partial charge in [0.2, 0.25) is 0 Å². The largest absolute Gasteiger partial charge is 0.478 e. The quantitative estimate of drug-likeness (QED) is 0.796. The highest BCUT2D eigenvalue weighted by atomic mass is 16.4. The molecule has 104 valence electrons. The second-order valence-corrected chi connectivity index (χ2v) is 4.52. The lowest BCUT2D eigenvalue weighted by atomic mass is 10.2. The second kappa shape index (κ2) is 5.16. The number of carboxylic acids is 1. The van der Waals surface area contributed by atoms with Crippen LogP contribution in [0, 0.1) is 6.92 Å². The van der Waals surface area contributed by atoms with Gasteiger partial charge < -0.3 is 5.11 Å². The summed E-state index contributed by atoms with van der Waals surface area (Å²) in [4.78, 5) is 19.5. The zero-order valence-corrected chi connectivity index (χ0v) is 11.3. The van der Waals surface area contributed by atoms with Crippen LogP contribution in [-0.2, 0) is 0 Å². The molecule has 0 atom stereocenters. The lowest BCUT2D eigenvalue weighted by Crippen LogP contribution is -1.97. The van der Waals surface area contributed by atoms with E-state index in [1.807, 2.05) is 31.2 Å². The Morgan fingerprint density at radius 2 is 2.05 bits per heavy atom. The third-order valence-corrected chi connectivity index (χ3v) is 3.11. The zero-order chi connectivity index (χ0) is 14.8. The smallest absolute Gasteiger partial charge is 0.339 e. The van der Waals surface area contributed by atoms with Crippen LogP contribution in [0.1, 0.15) is 15.9 Å². The van der Waals surface area contributed by atoms with Gasteiger partial charge in [-0.1, -0.05) is 18.2 Å². The number of hydrogen-bond donors (Lipinski definition) is 1. The van der Waals surface area contributed by atoms with Gasteiger partial charge in [0.05, 0.1) is 11.9 Å². The summed E-state index contributed by atoms with van der Waals surface area (Å²) in [5.74, 6) is -1.05. The molecule has 0 saturated carbocycles. The molecule has 3 aromatic rings. The molecule has 0 aliphatic heterocycles. The van der Waals surface area contributed by atoms with Crippen molar-refractivity contribution in [2.75, 3.05) is 0 Å². The Labute approximate surface area is 120 Å². The summed E-state index contributed by atoms with van der Waals surface area (Å²) in [5, 5.41) is 13.7. The predicted octanol–water partition coefficient (Wildman–Crippen LogP) is 2.34. The number of para-hydroxylation sites is 1. The molecular formula is C15H12N4O2. The summed E-state index contributed by atoms with van der Waals surface area (Å²) in [7, 11) is 0. The van der Waals surface area contributed by atoms with Crippen molar-refractivity contribution in [1.82, 2.24) is 19.7 Å². The molecule has 0 bridgehead atoms. The lowest BCUT2D eigenvalue weighted by molar-refractivity contribution is 0.0697. The Morgan fingerprint density at radius 3 is 2.71 bits per heavy atom. The average Bonchev–Trinajstić information content (AvgIpc) is 2.94. The molecular weight excluding hydrogens is 268 g/mol. The first-order valence-electron chi connectivity index (χ1n) is 6.32. The van der Waals surface area contributed by atoms with Gasteiger partial charge >= 0.3 is 5.97 Å². The zero-order valence-electron chi connectivity index (χ0n) is 11.3. The third kappa shape index (κ3) is 2.38. The van der Waals surface area contributed by atoms with E-state index < -0.39 is 5.97 Å². The monoisotopic (exact) mass is 280 g/mol. The van der Waals surface area contributed by atoms with Gasteiger partial charge in [0.25, 0.3) is 0 Å². The highest BCUT2D eigenvalue weighted by Crippen LogP contribution is 2.22. The molecule has 2 aromatic heterocycles. The normalized spacial score (nSPS) is 10.5. The van der Waals surface area contributed by atoms with E-state index in [2.05, 4.69) is 15.1 Å². The molecule has 3 rings (SSSR count). The van der Waals surface area contributed by atoms with Crippen LogP contribution in [0.2, 0.25) is 0 Å².